The zero-order valence-corrected chi connectivity index (χ0v) is 12.0. The number of sulfonamides is 1. The van der Waals surface area contributed by atoms with Gasteiger partial charge >= 0.3 is 5.97 Å². The van der Waals surface area contributed by atoms with Gasteiger partial charge in [-0.25, -0.2) is 17.9 Å². The summed E-state index contributed by atoms with van der Waals surface area (Å²) in [6.45, 7) is 1.69. The van der Waals surface area contributed by atoms with Crippen molar-refractivity contribution in [3.8, 4) is 0 Å². The van der Waals surface area contributed by atoms with E-state index in [1.54, 1.807) is 31.5 Å². The Labute approximate surface area is 122 Å². The molecule has 110 valence electrons. The Morgan fingerprint density at radius 3 is 2.67 bits per heavy atom. The van der Waals surface area contributed by atoms with E-state index < -0.39 is 22.0 Å². The predicted molar refractivity (Wildman–Crippen MR) is 76.4 cm³/mol. The van der Waals surface area contributed by atoms with E-state index >= 15 is 0 Å². The Kier molecular flexibility index (Phi) is 4.35. The summed E-state index contributed by atoms with van der Waals surface area (Å²) in [4.78, 5) is 14.7. The van der Waals surface area contributed by atoms with E-state index in [9.17, 15) is 13.2 Å². The predicted octanol–water partition coefficient (Wildman–Crippen LogP) is 1.82. The van der Waals surface area contributed by atoms with Gasteiger partial charge in [0.15, 0.2) is 0 Å². The lowest BCUT2D eigenvalue weighted by Gasteiger charge is -2.14. The molecule has 0 aliphatic heterocycles. The molecule has 1 aromatic carbocycles. The van der Waals surface area contributed by atoms with Crippen molar-refractivity contribution in [2.75, 3.05) is 0 Å². The summed E-state index contributed by atoms with van der Waals surface area (Å²) in [5.74, 6) is -1.17. The van der Waals surface area contributed by atoms with E-state index in [1.165, 1.54) is 18.2 Å². The average molecular weight is 306 g/mol. The van der Waals surface area contributed by atoms with Crippen LogP contribution in [0.2, 0.25) is 0 Å². The topological polar surface area (TPSA) is 96.4 Å². The van der Waals surface area contributed by atoms with E-state index in [-0.39, 0.29) is 10.5 Å². The molecule has 0 aliphatic rings. The lowest BCUT2D eigenvalue weighted by Crippen LogP contribution is -2.27. The highest BCUT2D eigenvalue weighted by Crippen LogP contribution is 2.17. The first kappa shape index (κ1) is 15.1. The van der Waals surface area contributed by atoms with Crippen molar-refractivity contribution in [3.63, 3.8) is 0 Å². The van der Waals surface area contributed by atoms with Gasteiger partial charge in [-0.2, -0.15) is 0 Å². The van der Waals surface area contributed by atoms with E-state index in [2.05, 4.69) is 9.71 Å². The van der Waals surface area contributed by atoms with Crippen LogP contribution in [0, 0.1) is 0 Å². The minimum Gasteiger partial charge on any atom is -0.478 e. The third-order valence-corrected chi connectivity index (χ3v) is 4.45. The molecular weight excluding hydrogens is 292 g/mol. The summed E-state index contributed by atoms with van der Waals surface area (Å²) >= 11 is 0. The van der Waals surface area contributed by atoms with Crippen molar-refractivity contribution < 1.29 is 18.3 Å². The Morgan fingerprint density at radius 1 is 1.29 bits per heavy atom. The van der Waals surface area contributed by atoms with Crippen LogP contribution in [0.5, 0.6) is 0 Å². The first-order valence-electron chi connectivity index (χ1n) is 6.16. The molecule has 0 saturated carbocycles. The minimum absolute atomic E-state index is 0.0769. The molecule has 1 aromatic heterocycles. The van der Waals surface area contributed by atoms with Crippen LogP contribution >= 0.6 is 0 Å². The Hall–Kier alpha value is -2.25. The Morgan fingerprint density at radius 2 is 2.05 bits per heavy atom. The summed E-state index contributed by atoms with van der Waals surface area (Å²) in [6, 6.07) is 8.21. The summed E-state index contributed by atoms with van der Waals surface area (Å²) in [5.41, 5.74) is 0.641. The third kappa shape index (κ3) is 3.65. The van der Waals surface area contributed by atoms with Crippen LogP contribution in [0.1, 0.15) is 28.9 Å². The lowest BCUT2D eigenvalue weighted by atomic mass is 10.2. The second kappa shape index (κ2) is 6.02. The highest BCUT2D eigenvalue weighted by atomic mass is 32.2. The molecule has 0 aliphatic carbocycles. The van der Waals surface area contributed by atoms with Crippen molar-refractivity contribution in [2.24, 2.45) is 0 Å². The van der Waals surface area contributed by atoms with Gasteiger partial charge in [0.25, 0.3) is 0 Å². The fourth-order valence-corrected chi connectivity index (χ4v) is 3.07. The van der Waals surface area contributed by atoms with E-state index in [0.29, 0.717) is 0 Å². The molecule has 0 spiro atoms. The number of hydrogen-bond donors (Lipinski definition) is 2. The van der Waals surface area contributed by atoms with Crippen LogP contribution in [0.25, 0.3) is 0 Å². The first-order valence-corrected chi connectivity index (χ1v) is 7.64. The van der Waals surface area contributed by atoms with Gasteiger partial charge < -0.3 is 5.11 Å². The summed E-state index contributed by atoms with van der Waals surface area (Å²) in [6.07, 6.45) is 3.17. The molecule has 7 heteroatoms. The molecule has 1 atom stereocenters. The van der Waals surface area contributed by atoms with Crippen molar-refractivity contribution in [1.29, 1.82) is 0 Å². The highest BCUT2D eigenvalue weighted by Gasteiger charge is 2.19. The second-order valence-electron chi connectivity index (χ2n) is 4.46. The molecule has 1 heterocycles. The van der Waals surface area contributed by atoms with Gasteiger partial charge in [0, 0.05) is 18.4 Å². The smallest absolute Gasteiger partial charge is 0.335 e. The monoisotopic (exact) mass is 306 g/mol. The maximum atomic E-state index is 12.3. The van der Waals surface area contributed by atoms with Crippen LogP contribution in [-0.4, -0.2) is 24.5 Å². The summed E-state index contributed by atoms with van der Waals surface area (Å²) in [5, 5.41) is 8.91. The average Bonchev–Trinajstić information content (AvgIpc) is 2.48. The largest absolute Gasteiger partial charge is 0.478 e. The summed E-state index contributed by atoms with van der Waals surface area (Å²) < 4.78 is 27.0. The zero-order valence-electron chi connectivity index (χ0n) is 11.2. The van der Waals surface area contributed by atoms with Gasteiger partial charge in [-0.05, 0) is 36.8 Å². The molecule has 0 radical (unpaired) electrons. The number of aromatic carboxylic acids is 1. The number of hydrogen-bond acceptors (Lipinski definition) is 4. The SMILES string of the molecule is C[C@H](NS(=O)(=O)c1cccc(C(=O)O)c1)c1cccnc1. The molecule has 2 N–H and O–H groups in total. The number of benzene rings is 1. The number of pyridine rings is 1. The van der Waals surface area contributed by atoms with Crippen molar-refractivity contribution >= 4 is 16.0 Å². The molecule has 0 fully saturated rings. The number of nitrogens with one attached hydrogen (secondary N) is 1. The van der Waals surface area contributed by atoms with Gasteiger partial charge in [0.1, 0.15) is 0 Å². The van der Waals surface area contributed by atoms with Crippen molar-refractivity contribution in [2.45, 2.75) is 17.9 Å². The molecule has 0 unspecified atom stereocenters. The van der Waals surface area contributed by atoms with Crippen LogP contribution in [0.4, 0.5) is 0 Å². The fourth-order valence-electron chi connectivity index (χ4n) is 1.80. The number of carboxylic acid groups (broad SMARTS) is 1. The number of carbonyl (C=O) groups is 1. The fraction of sp³-hybridized carbons (Fsp3) is 0.143. The lowest BCUT2D eigenvalue weighted by molar-refractivity contribution is 0.0696. The minimum atomic E-state index is -3.80. The highest BCUT2D eigenvalue weighted by molar-refractivity contribution is 7.89. The quantitative estimate of drug-likeness (QED) is 0.878. The molecule has 0 bridgehead atoms. The van der Waals surface area contributed by atoms with Gasteiger partial charge in [-0.3, -0.25) is 4.98 Å². The van der Waals surface area contributed by atoms with Crippen LogP contribution < -0.4 is 4.72 Å². The van der Waals surface area contributed by atoms with Crippen LogP contribution in [0.15, 0.2) is 53.7 Å². The van der Waals surface area contributed by atoms with E-state index in [4.69, 9.17) is 5.11 Å². The van der Waals surface area contributed by atoms with Gasteiger partial charge in [-0.15, -0.1) is 0 Å². The molecule has 0 saturated heterocycles. The molecule has 6 nitrogen and oxygen atoms in total. The van der Waals surface area contributed by atoms with E-state index in [1.807, 2.05) is 0 Å². The molecule has 2 rings (SSSR count). The third-order valence-electron chi connectivity index (χ3n) is 2.91. The number of carboxylic acids is 1. The van der Waals surface area contributed by atoms with Gasteiger partial charge in [-0.1, -0.05) is 12.1 Å². The van der Waals surface area contributed by atoms with Gasteiger partial charge in [0.2, 0.25) is 10.0 Å². The second-order valence-corrected chi connectivity index (χ2v) is 6.18. The normalized spacial score (nSPS) is 12.8. The number of nitrogens with zero attached hydrogens (tertiary/aromatic N) is 1. The maximum absolute atomic E-state index is 12.3. The number of rotatable bonds is 5. The number of aromatic nitrogens is 1. The Bertz CT molecular complexity index is 745. The summed E-state index contributed by atoms with van der Waals surface area (Å²) in [7, 11) is -3.80. The van der Waals surface area contributed by atoms with Gasteiger partial charge in [0.05, 0.1) is 10.5 Å². The first-order chi connectivity index (χ1) is 9.90. The van der Waals surface area contributed by atoms with Crippen LogP contribution in [-0.2, 0) is 10.0 Å². The Balaban J connectivity index is 2.26. The molecule has 21 heavy (non-hydrogen) atoms. The molecular formula is C14H14N2O4S. The standard InChI is InChI=1S/C14H14N2O4S/c1-10(12-5-3-7-15-9-12)16-21(19,20)13-6-2-4-11(8-13)14(17)18/h2-10,16H,1H3,(H,17,18)/t10-/m0/s1. The van der Waals surface area contributed by atoms with Crippen molar-refractivity contribution in [1.82, 2.24) is 9.71 Å². The molecule has 0 amide bonds. The van der Waals surface area contributed by atoms with Crippen molar-refractivity contribution in [3.05, 3.63) is 59.9 Å². The van der Waals surface area contributed by atoms with Crippen LogP contribution in [0.3, 0.4) is 0 Å². The maximum Gasteiger partial charge on any atom is 0.335 e. The molecule has 2 aromatic rings. The zero-order chi connectivity index (χ0) is 15.5. The van der Waals surface area contributed by atoms with E-state index in [0.717, 1.165) is 11.6 Å².